The Hall–Kier alpha value is -3.22. The number of nitrogens with zero attached hydrogens (tertiary/aromatic N) is 3. The number of pyridine rings is 1. The fourth-order valence-corrected chi connectivity index (χ4v) is 3.09. The van der Waals surface area contributed by atoms with E-state index in [1.165, 1.54) is 12.4 Å². The number of benzene rings is 1. The molecule has 0 bridgehead atoms. The molecule has 7 nitrogen and oxygen atoms in total. The van der Waals surface area contributed by atoms with Crippen molar-refractivity contribution in [2.24, 2.45) is 0 Å². The Morgan fingerprint density at radius 3 is 2.30 bits per heavy atom. The lowest BCUT2D eigenvalue weighted by molar-refractivity contribution is -0.119. The zero-order valence-corrected chi connectivity index (χ0v) is 15.4. The van der Waals surface area contributed by atoms with E-state index in [2.05, 4.69) is 10.3 Å². The summed E-state index contributed by atoms with van der Waals surface area (Å²) in [6.45, 7) is 5.82. The van der Waals surface area contributed by atoms with E-state index in [1.54, 1.807) is 15.9 Å². The van der Waals surface area contributed by atoms with E-state index in [0.717, 1.165) is 23.2 Å². The summed E-state index contributed by atoms with van der Waals surface area (Å²) in [6.07, 6.45) is 3.70. The van der Waals surface area contributed by atoms with Crippen LogP contribution in [0.2, 0.25) is 0 Å². The van der Waals surface area contributed by atoms with Crippen molar-refractivity contribution in [1.82, 2.24) is 14.8 Å². The minimum atomic E-state index is -0.305. The van der Waals surface area contributed by atoms with Crippen LogP contribution in [-0.4, -0.2) is 59.2 Å². The number of aryl methyl sites for hydroxylation is 2. The second-order valence-electron chi connectivity index (χ2n) is 6.62. The average molecular weight is 366 g/mol. The Bertz CT molecular complexity index is 853. The maximum Gasteiger partial charge on any atom is 0.257 e. The van der Waals surface area contributed by atoms with Crippen LogP contribution in [0.1, 0.15) is 31.8 Å². The SMILES string of the molecule is Cc1cccc(C)c1NC(=O)c1cncc(C(=O)N2CCN(C=O)CC2)c1. The number of amides is 3. The fourth-order valence-electron chi connectivity index (χ4n) is 3.09. The topological polar surface area (TPSA) is 82.6 Å². The van der Waals surface area contributed by atoms with Gasteiger partial charge in [-0.05, 0) is 31.0 Å². The number of carbonyl (C=O) groups excluding carboxylic acids is 3. The fraction of sp³-hybridized carbons (Fsp3) is 0.300. The molecule has 0 radical (unpaired) electrons. The molecule has 1 aromatic heterocycles. The smallest absolute Gasteiger partial charge is 0.257 e. The molecule has 1 aliphatic heterocycles. The minimum absolute atomic E-state index is 0.185. The van der Waals surface area contributed by atoms with Crippen molar-refractivity contribution in [2.45, 2.75) is 13.8 Å². The van der Waals surface area contributed by atoms with E-state index < -0.39 is 0 Å². The molecule has 1 aromatic carbocycles. The number of hydrogen-bond acceptors (Lipinski definition) is 4. The summed E-state index contributed by atoms with van der Waals surface area (Å²) in [6, 6.07) is 7.36. The number of piperazine rings is 1. The number of aromatic nitrogens is 1. The Balaban J connectivity index is 1.74. The molecule has 7 heteroatoms. The van der Waals surface area contributed by atoms with Crippen molar-refractivity contribution in [3.8, 4) is 0 Å². The first-order chi connectivity index (χ1) is 13.0. The zero-order chi connectivity index (χ0) is 19.4. The Morgan fingerprint density at radius 2 is 1.67 bits per heavy atom. The molecule has 0 unspecified atom stereocenters. The molecule has 1 saturated heterocycles. The third-order valence-corrected chi connectivity index (χ3v) is 4.72. The van der Waals surface area contributed by atoms with Gasteiger partial charge in [0.1, 0.15) is 0 Å². The Morgan fingerprint density at radius 1 is 1.04 bits per heavy atom. The van der Waals surface area contributed by atoms with Gasteiger partial charge in [0.05, 0.1) is 11.1 Å². The van der Waals surface area contributed by atoms with Crippen LogP contribution in [0.4, 0.5) is 5.69 Å². The molecule has 140 valence electrons. The van der Waals surface area contributed by atoms with Crippen molar-refractivity contribution in [2.75, 3.05) is 31.5 Å². The number of anilines is 1. The van der Waals surface area contributed by atoms with Crippen molar-refractivity contribution in [1.29, 1.82) is 0 Å². The van der Waals surface area contributed by atoms with Gasteiger partial charge in [0.25, 0.3) is 11.8 Å². The molecule has 2 aromatic rings. The molecule has 0 saturated carbocycles. The molecule has 3 amide bonds. The van der Waals surface area contributed by atoms with Gasteiger partial charge >= 0.3 is 0 Å². The predicted molar refractivity (Wildman–Crippen MR) is 102 cm³/mol. The van der Waals surface area contributed by atoms with Gasteiger partial charge in [-0.3, -0.25) is 19.4 Å². The van der Waals surface area contributed by atoms with E-state index >= 15 is 0 Å². The van der Waals surface area contributed by atoms with Crippen LogP contribution >= 0.6 is 0 Å². The van der Waals surface area contributed by atoms with Crippen molar-refractivity contribution < 1.29 is 14.4 Å². The number of para-hydroxylation sites is 1. The molecule has 3 rings (SSSR count). The summed E-state index contributed by atoms with van der Waals surface area (Å²) >= 11 is 0. The predicted octanol–water partition coefficient (Wildman–Crippen LogP) is 1.86. The molecule has 1 fully saturated rings. The maximum absolute atomic E-state index is 12.7. The van der Waals surface area contributed by atoms with E-state index in [-0.39, 0.29) is 11.8 Å². The molecule has 0 aliphatic carbocycles. The summed E-state index contributed by atoms with van der Waals surface area (Å²) in [5, 5.41) is 2.90. The van der Waals surface area contributed by atoms with Crippen LogP contribution in [0.15, 0.2) is 36.7 Å². The summed E-state index contributed by atoms with van der Waals surface area (Å²) in [7, 11) is 0. The lowest BCUT2D eigenvalue weighted by atomic mass is 10.1. The van der Waals surface area contributed by atoms with Crippen LogP contribution < -0.4 is 5.32 Å². The highest BCUT2D eigenvalue weighted by Gasteiger charge is 2.22. The quantitative estimate of drug-likeness (QED) is 0.838. The van der Waals surface area contributed by atoms with Crippen LogP contribution in [-0.2, 0) is 4.79 Å². The average Bonchev–Trinajstić information content (AvgIpc) is 2.70. The van der Waals surface area contributed by atoms with Gasteiger partial charge in [-0.25, -0.2) is 0 Å². The number of hydrogen-bond donors (Lipinski definition) is 1. The van der Waals surface area contributed by atoms with Gasteiger partial charge in [-0.15, -0.1) is 0 Å². The van der Waals surface area contributed by atoms with E-state index in [9.17, 15) is 14.4 Å². The second kappa shape index (κ2) is 7.99. The van der Waals surface area contributed by atoms with Gasteiger partial charge in [0, 0.05) is 44.3 Å². The summed E-state index contributed by atoms with van der Waals surface area (Å²) in [5.74, 6) is -0.491. The summed E-state index contributed by atoms with van der Waals surface area (Å²) < 4.78 is 0. The molecule has 27 heavy (non-hydrogen) atoms. The normalized spacial score (nSPS) is 14.0. The maximum atomic E-state index is 12.7. The van der Waals surface area contributed by atoms with Gasteiger partial charge in [0.15, 0.2) is 0 Å². The highest BCUT2D eigenvalue weighted by Crippen LogP contribution is 2.20. The highest BCUT2D eigenvalue weighted by molar-refractivity contribution is 6.06. The van der Waals surface area contributed by atoms with Crippen molar-refractivity contribution in [3.63, 3.8) is 0 Å². The third-order valence-electron chi connectivity index (χ3n) is 4.72. The first-order valence-electron chi connectivity index (χ1n) is 8.81. The van der Waals surface area contributed by atoms with Crippen LogP contribution in [0.25, 0.3) is 0 Å². The lowest BCUT2D eigenvalue weighted by Crippen LogP contribution is -2.48. The molecule has 0 atom stereocenters. The van der Waals surface area contributed by atoms with Gasteiger partial charge in [-0.2, -0.15) is 0 Å². The standard InChI is InChI=1S/C20H22N4O3/c1-14-4-3-5-15(2)18(14)22-19(26)16-10-17(12-21-11-16)20(27)24-8-6-23(13-25)7-9-24/h3-5,10-13H,6-9H2,1-2H3,(H,22,26). The molecule has 1 N–H and O–H groups in total. The molecule has 0 spiro atoms. The van der Waals surface area contributed by atoms with E-state index in [0.29, 0.717) is 37.3 Å². The Labute approximate surface area is 158 Å². The summed E-state index contributed by atoms with van der Waals surface area (Å²) in [5.41, 5.74) is 3.40. The number of carbonyl (C=O) groups is 3. The molecular formula is C20H22N4O3. The van der Waals surface area contributed by atoms with Gasteiger partial charge in [0.2, 0.25) is 6.41 Å². The van der Waals surface area contributed by atoms with Gasteiger partial charge in [-0.1, -0.05) is 18.2 Å². The molecular weight excluding hydrogens is 344 g/mol. The van der Waals surface area contributed by atoms with Crippen LogP contribution in [0.3, 0.4) is 0 Å². The number of rotatable bonds is 4. The minimum Gasteiger partial charge on any atom is -0.342 e. The lowest BCUT2D eigenvalue weighted by Gasteiger charge is -2.32. The Kier molecular flexibility index (Phi) is 5.49. The highest BCUT2D eigenvalue weighted by atomic mass is 16.2. The molecule has 1 aliphatic rings. The van der Waals surface area contributed by atoms with E-state index in [1.807, 2.05) is 32.0 Å². The van der Waals surface area contributed by atoms with Crippen LogP contribution in [0.5, 0.6) is 0 Å². The third kappa shape index (κ3) is 4.13. The first-order valence-corrected chi connectivity index (χ1v) is 8.81. The monoisotopic (exact) mass is 366 g/mol. The first kappa shape index (κ1) is 18.6. The zero-order valence-electron chi connectivity index (χ0n) is 15.4. The van der Waals surface area contributed by atoms with E-state index in [4.69, 9.17) is 0 Å². The largest absolute Gasteiger partial charge is 0.342 e. The summed E-state index contributed by atoms with van der Waals surface area (Å²) in [4.78, 5) is 43.5. The molecule has 2 heterocycles. The second-order valence-corrected chi connectivity index (χ2v) is 6.62. The van der Waals surface area contributed by atoms with Gasteiger partial charge < -0.3 is 15.1 Å². The number of nitrogens with one attached hydrogen (secondary N) is 1. The van der Waals surface area contributed by atoms with Crippen LogP contribution in [0, 0.1) is 13.8 Å². The van der Waals surface area contributed by atoms with Crippen molar-refractivity contribution in [3.05, 3.63) is 58.9 Å². The van der Waals surface area contributed by atoms with Crippen molar-refractivity contribution >= 4 is 23.9 Å².